The third-order valence-electron chi connectivity index (χ3n) is 14.9. The number of phosphoric acid groups is 2. The number of carbonyl (C=O) groups excluding carboxylic acids is 4. The number of aliphatic hydroxyl groups is 1. The van der Waals surface area contributed by atoms with Crippen LogP contribution in [-0.4, -0.2) is 96.7 Å². The molecule has 550 valence electrons. The van der Waals surface area contributed by atoms with Crippen molar-refractivity contribution in [3.63, 3.8) is 0 Å². The fourth-order valence-electron chi connectivity index (χ4n) is 9.28. The first-order chi connectivity index (χ1) is 46.7. The Bertz CT molecular complexity index is 2300. The molecule has 96 heavy (non-hydrogen) atoms. The van der Waals surface area contributed by atoms with E-state index in [0.29, 0.717) is 25.7 Å². The van der Waals surface area contributed by atoms with Crippen LogP contribution in [0.2, 0.25) is 0 Å². The molecule has 0 fully saturated rings. The Kier molecular flexibility index (Phi) is 65.7. The van der Waals surface area contributed by atoms with Gasteiger partial charge in [-0.25, -0.2) is 9.13 Å². The summed E-state index contributed by atoms with van der Waals surface area (Å²) in [4.78, 5) is 72.7. The van der Waals surface area contributed by atoms with Crippen molar-refractivity contribution in [3.05, 3.63) is 122 Å². The van der Waals surface area contributed by atoms with E-state index < -0.39 is 97.5 Å². The molecule has 0 aromatic heterocycles. The molecule has 0 aliphatic rings. The van der Waals surface area contributed by atoms with Gasteiger partial charge in [-0.05, 0) is 141 Å². The maximum atomic E-state index is 13.1. The van der Waals surface area contributed by atoms with E-state index in [9.17, 15) is 43.2 Å². The van der Waals surface area contributed by atoms with Crippen LogP contribution in [0, 0.1) is 0 Å². The quantitative estimate of drug-likeness (QED) is 0.0169. The predicted octanol–water partition coefficient (Wildman–Crippen LogP) is 20.8. The van der Waals surface area contributed by atoms with Crippen LogP contribution in [0.5, 0.6) is 0 Å². The zero-order chi connectivity index (χ0) is 70.4. The molecule has 0 aromatic rings. The van der Waals surface area contributed by atoms with Gasteiger partial charge in [-0.2, -0.15) is 0 Å². The van der Waals surface area contributed by atoms with Gasteiger partial charge >= 0.3 is 39.5 Å². The molecule has 5 atom stereocenters. The van der Waals surface area contributed by atoms with E-state index >= 15 is 0 Å². The first-order valence-corrected chi connectivity index (χ1v) is 39.8. The van der Waals surface area contributed by atoms with Crippen LogP contribution >= 0.6 is 15.6 Å². The minimum atomic E-state index is -4.99. The predicted molar refractivity (Wildman–Crippen MR) is 390 cm³/mol. The second-order valence-electron chi connectivity index (χ2n) is 24.1. The highest BCUT2D eigenvalue weighted by molar-refractivity contribution is 7.47. The van der Waals surface area contributed by atoms with E-state index in [1.165, 1.54) is 25.7 Å². The van der Waals surface area contributed by atoms with Crippen LogP contribution in [0.25, 0.3) is 0 Å². The van der Waals surface area contributed by atoms with Crippen molar-refractivity contribution >= 4 is 39.5 Å². The fourth-order valence-corrected chi connectivity index (χ4v) is 10.9. The maximum Gasteiger partial charge on any atom is 0.472 e. The van der Waals surface area contributed by atoms with Gasteiger partial charge in [0.2, 0.25) is 0 Å². The van der Waals surface area contributed by atoms with Crippen molar-refractivity contribution in [2.45, 2.75) is 303 Å². The highest BCUT2D eigenvalue weighted by Gasteiger charge is 2.30. The van der Waals surface area contributed by atoms with Crippen LogP contribution in [0.1, 0.15) is 285 Å². The number of unbranched alkanes of at least 4 members (excludes halogenated alkanes) is 22. The van der Waals surface area contributed by atoms with Gasteiger partial charge in [0.1, 0.15) is 19.3 Å². The summed E-state index contributed by atoms with van der Waals surface area (Å²) in [5.41, 5.74) is 0. The van der Waals surface area contributed by atoms with E-state index in [4.69, 9.17) is 37.0 Å². The Balaban J connectivity index is 5.39. The lowest BCUT2D eigenvalue weighted by Gasteiger charge is -2.21. The van der Waals surface area contributed by atoms with Crippen molar-refractivity contribution < 1.29 is 80.2 Å². The highest BCUT2D eigenvalue weighted by Crippen LogP contribution is 2.45. The lowest BCUT2D eigenvalue weighted by Crippen LogP contribution is -2.30. The van der Waals surface area contributed by atoms with Gasteiger partial charge in [0, 0.05) is 25.7 Å². The third kappa shape index (κ3) is 68.0. The normalized spacial score (nSPS) is 14.7. The monoisotopic (exact) mass is 1390 g/mol. The molecule has 0 aliphatic heterocycles. The molecule has 0 rings (SSSR count). The zero-order valence-electron chi connectivity index (χ0n) is 59.8. The molecule has 5 unspecified atom stereocenters. The molecule has 0 aromatic carbocycles. The number of hydrogen-bond donors (Lipinski definition) is 3. The number of hydrogen-bond acceptors (Lipinski definition) is 15. The number of esters is 4. The van der Waals surface area contributed by atoms with Crippen LogP contribution in [-0.2, 0) is 65.4 Å². The average Bonchev–Trinajstić information content (AvgIpc) is 1.85. The number of ether oxygens (including phenoxy) is 4. The number of carbonyl (C=O) groups is 4. The SMILES string of the molecule is CC/C=C\C/C=C\C/C=C\C/C=C\CCCCCCC(=O)OCC(COP(=O)(O)OCC(O)COP(=O)(O)OCC(COC(=O)CCCCCCC/C=C\CCCC)OC(=O)CCCCCCC/C=C\CCCC)OC(=O)CCCCCC/C=C\C/C=C\C/C=C\C/C=C\CC. The van der Waals surface area contributed by atoms with E-state index in [2.05, 4.69) is 149 Å². The van der Waals surface area contributed by atoms with Crippen molar-refractivity contribution in [1.29, 1.82) is 0 Å². The van der Waals surface area contributed by atoms with E-state index in [1.807, 2.05) is 0 Å². The molecule has 0 spiro atoms. The lowest BCUT2D eigenvalue weighted by molar-refractivity contribution is -0.161. The van der Waals surface area contributed by atoms with Crippen LogP contribution in [0.15, 0.2) is 122 Å². The number of aliphatic hydroxyl groups excluding tert-OH is 1. The molecule has 0 amide bonds. The summed E-state index contributed by atoms with van der Waals surface area (Å²) in [5, 5.41) is 10.6. The Hall–Kier alpha value is -4.54. The average molecular weight is 1390 g/mol. The molecule has 0 heterocycles. The minimum absolute atomic E-state index is 0.0582. The smallest absolute Gasteiger partial charge is 0.462 e. The molecule has 19 heteroatoms. The van der Waals surface area contributed by atoms with E-state index in [-0.39, 0.29) is 25.7 Å². The molecule has 3 N–H and O–H groups in total. The Morgan fingerprint density at radius 1 is 0.302 bits per heavy atom. The topological polar surface area (TPSA) is 237 Å². The third-order valence-corrected chi connectivity index (χ3v) is 16.8. The van der Waals surface area contributed by atoms with Gasteiger partial charge in [0.05, 0.1) is 26.4 Å². The summed E-state index contributed by atoms with van der Waals surface area (Å²) >= 11 is 0. The molecule has 0 saturated heterocycles. The van der Waals surface area contributed by atoms with Crippen molar-refractivity contribution in [2.24, 2.45) is 0 Å². The van der Waals surface area contributed by atoms with Gasteiger partial charge in [0.25, 0.3) is 0 Å². The molecular weight excluding hydrogens is 1260 g/mol. The van der Waals surface area contributed by atoms with Gasteiger partial charge in [-0.15, -0.1) is 0 Å². The van der Waals surface area contributed by atoms with Crippen LogP contribution in [0.3, 0.4) is 0 Å². The first kappa shape index (κ1) is 91.5. The van der Waals surface area contributed by atoms with Crippen LogP contribution < -0.4 is 0 Å². The second-order valence-corrected chi connectivity index (χ2v) is 27.0. The summed E-state index contributed by atoms with van der Waals surface area (Å²) in [6.07, 6.45) is 73.5. The van der Waals surface area contributed by atoms with Gasteiger partial charge in [-0.1, -0.05) is 239 Å². The molecule has 17 nitrogen and oxygen atoms in total. The molecule has 0 aliphatic carbocycles. The first-order valence-electron chi connectivity index (χ1n) is 36.8. The largest absolute Gasteiger partial charge is 0.472 e. The van der Waals surface area contributed by atoms with Gasteiger partial charge in [-0.3, -0.25) is 37.3 Å². The van der Waals surface area contributed by atoms with Crippen molar-refractivity contribution in [2.75, 3.05) is 39.6 Å². The molecular formula is C77H130O17P2. The number of phosphoric ester groups is 2. The van der Waals surface area contributed by atoms with Crippen molar-refractivity contribution in [1.82, 2.24) is 0 Å². The summed E-state index contributed by atoms with van der Waals surface area (Å²) in [7, 11) is -9.96. The number of allylic oxidation sites excluding steroid dienone is 20. The second kappa shape index (κ2) is 69.0. The summed E-state index contributed by atoms with van der Waals surface area (Å²) in [6, 6.07) is 0. The molecule has 0 radical (unpaired) electrons. The minimum Gasteiger partial charge on any atom is -0.462 e. The summed E-state index contributed by atoms with van der Waals surface area (Å²) in [6.45, 7) is 4.47. The standard InChI is InChI=1S/C77H130O17P2/c1-5-9-13-17-21-25-29-31-33-35-37-39-43-46-50-54-58-62-75(80)88-68-73(94-77(82)64-60-56-52-48-44-40-38-36-34-32-30-26-22-18-14-10-6-2)70-92-96(85,86)90-66-71(78)65-89-95(83,84)91-69-72(93-76(81)63-59-55-51-47-42-28-24-20-16-12-8-4)67-87-74(79)61-57-53-49-45-41-27-23-19-15-11-7-3/h9-10,13-14,19-26,31-34,37-40,71-73,78H,5-8,11-12,15-18,27-30,35-36,41-70H2,1-4H3,(H,83,84)(H,85,86)/b13-9-,14-10-,23-19-,24-20-,25-21-,26-22-,33-31-,34-32-,39-37-,40-38-. The van der Waals surface area contributed by atoms with Crippen molar-refractivity contribution in [3.8, 4) is 0 Å². The van der Waals surface area contributed by atoms with E-state index in [0.717, 1.165) is 180 Å². The van der Waals surface area contributed by atoms with Crippen LogP contribution in [0.4, 0.5) is 0 Å². The summed E-state index contributed by atoms with van der Waals surface area (Å²) in [5.74, 6) is -2.25. The Labute approximate surface area is 581 Å². The van der Waals surface area contributed by atoms with Gasteiger partial charge < -0.3 is 33.8 Å². The summed E-state index contributed by atoms with van der Waals surface area (Å²) < 4.78 is 68.3. The fraction of sp³-hybridized carbons (Fsp3) is 0.688. The van der Waals surface area contributed by atoms with Gasteiger partial charge in [0.15, 0.2) is 12.2 Å². The highest BCUT2D eigenvalue weighted by atomic mass is 31.2. The Morgan fingerprint density at radius 3 is 0.844 bits per heavy atom. The molecule has 0 saturated carbocycles. The lowest BCUT2D eigenvalue weighted by atomic mass is 10.1. The Morgan fingerprint density at radius 2 is 0.542 bits per heavy atom. The maximum absolute atomic E-state index is 13.1. The number of rotatable bonds is 68. The zero-order valence-corrected chi connectivity index (χ0v) is 61.5. The van der Waals surface area contributed by atoms with E-state index in [1.54, 1.807) is 0 Å². The molecule has 0 bridgehead atoms.